The van der Waals surface area contributed by atoms with Crippen molar-refractivity contribution >= 4 is 47.8 Å². The van der Waals surface area contributed by atoms with Gasteiger partial charge in [-0.25, -0.2) is 0 Å². The van der Waals surface area contributed by atoms with E-state index in [1.54, 1.807) is 0 Å². The SMILES string of the molecule is C[C@@]12[C@@H]3[C@@H]4C[C@H]5[C@@H]([C@H]4[C@H]1Br)[C@H]2C(Br)(Br)[C@H]53. The molecule has 0 saturated heterocycles. The first-order valence-corrected chi connectivity index (χ1v) is 8.52. The molecular weight excluding hydrogens is 384 g/mol. The number of halogens is 3. The van der Waals surface area contributed by atoms with Crippen LogP contribution >= 0.6 is 47.8 Å². The van der Waals surface area contributed by atoms with E-state index in [4.69, 9.17) is 0 Å². The molecule has 6 fully saturated rings. The third-order valence-corrected chi connectivity index (χ3v) is 10.5. The molecule has 15 heavy (non-hydrogen) atoms. The lowest BCUT2D eigenvalue weighted by Crippen LogP contribution is -2.37. The van der Waals surface area contributed by atoms with Crippen LogP contribution < -0.4 is 0 Å². The van der Waals surface area contributed by atoms with Crippen molar-refractivity contribution in [2.45, 2.75) is 21.4 Å². The fourth-order valence-electron chi connectivity index (χ4n) is 7.03. The smallest absolute Gasteiger partial charge is 0.0875 e. The molecule has 0 unspecified atom stereocenters. The minimum Gasteiger partial charge on any atom is -0.0881 e. The highest BCUT2D eigenvalue weighted by Gasteiger charge is 2.90. The van der Waals surface area contributed by atoms with Gasteiger partial charge in [-0.15, -0.1) is 0 Å². The summed E-state index contributed by atoms with van der Waals surface area (Å²) >= 11 is 12.2. The molecule has 6 rings (SSSR count). The Morgan fingerprint density at radius 1 is 1.07 bits per heavy atom. The van der Waals surface area contributed by atoms with Crippen molar-refractivity contribution in [1.82, 2.24) is 0 Å². The molecule has 6 bridgehead atoms. The lowest BCUT2D eigenvalue weighted by atomic mass is 9.64. The molecule has 82 valence electrons. The minimum absolute atomic E-state index is 0.292. The maximum Gasteiger partial charge on any atom is 0.0875 e. The van der Waals surface area contributed by atoms with E-state index in [1.165, 1.54) is 6.42 Å². The molecule has 0 nitrogen and oxygen atoms in total. The molecule has 0 aromatic heterocycles. The maximum atomic E-state index is 4.05. The van der Waals surface area contributed by atoms with Crippen molar-refractivity contribution in [2.75, 3.05) is 0 Å². The summed E-state index contributed by atoms with van der Waals surface area (Å²) in [6.45, 7) is 2.56. The summed E-state index contributed by atoms with van der Waals surface area (Å²) in [4.78, 5) is 0.807. The van der Waals surface area contributed by atoms with Crippen molar-refractivity contribution in [2.24, 2.45) is 46.8 Å². The van der Waals surface area contributed by atoms with E-state index in [9.17, 15) is 0 Å². The Bertz CT molecular complexity index is 390. The van der Waals surface area contributed by atoms with Crippen molar-refractivity contribution in [3.63, 3.8) is 0 Å². The molecule has 0 heterocycles. The van der Waals surface area contributed by atoms with Gasteiger partial charge >= 0.3 is 0 Å². The summed E-state index contributed by atoms with van der Waals surface area (Å²) in [5, 5.41) is 0. The molecular formula is C12H13Br3. The molecule has 0 amide bonds. The Kier molecular flexibility index (Phi) is 1.36. The van der Waals surface area contributed by atoms with E-state index in [1.807, 2.05) is 0 Å². The van der Waals surface area contributed by atoms with E-state index in [0.29, 0.717) is 8.65 Å². The van der Waals surface area contributed by atoms with Crippen LogP contribution in [0.2, 0.25) is 0 Å². The van der Waals surface area contributed by atoms with Gasteiger partial charge in [-0.05, 0) is 53.3 Å². The van der Waals surface area contributed by atoms with Crippen molar-refractivity contribution < 1.29 is 0 Å². The third-order valence-electron chi connectivity index (χ3n) is 6.85. The normalized spacial score (nSPS) is 79.2. The van der Waals surface area contributed by atoms with Gasteiger partial charge in [-0.3, -0.25) is 0 Å². The summed E-state index contributed by atoms with van der Waals surface area (Å²) in [7, 11) is 0. The van der Waals surface area contributed by atoms with Crippen LogP contribution in [-0.4, -0.2) is 8.06 Å². The number of rotatable bonds is 0. The Hall–Kier alpha value is 1.44. The zero-order valence-electron chi connectivity index (χ0n) is 8.46. The maximum absolute atomic E-state index is 4.05. The predicted molar refractivity (Wildman–Crippen MR) is 70.5 cm³/mol. The first-order valence-electron chi connectivity index (χ1n) is 6.02. The molecule has 0 aromatic carbocycles. The van der Waals surface area contributed by atoms with E-state index in [-0.39, 0.29) is 0 Å². The van der Waals surface area contributed by atoms with Crippen LogP contribution in [0.15, 0.2) is 0 Å². The third kappa shape index (κ3) is 0.613. The fourth-order valence-corrected chi connectivity index (χ4v) is 11.2. The van der Waals surface area contributed by atoms with E-state index < -0.39 is 0 Å². The quantitative estimate of drug-likeness (QED) is 0.543. The van der Waals surface area contributed by atoms with Crippen LogP contribution in [-0.2, 0) is 0 Å². The van der Waals surface area contributed by atoms with Crippen LogP contribution in [0.4, 0.5) is 0 Å². The Morgan fingerprint density at radius 2 is 1.73 bits per heavy atom. The molecule has 0 aliphatic heterocycles. The molecule has 6 aliphatic carbocycles. The molecule has 0 radical (unpaired) electrons. The largest absolute Gasteiger partial charge is 0.0881 e. The van der Waals surface area contributed by atoms with Crippen molar-refractivity contribution in [1.29, 1.82) is 0 Å². The Labute approximate surface area is 115 Å². The second-order valence-corrected chi connectivity index (χ2v) is 11.4. The van der Waals surface area contributed by atoms with Gasteiger partial charge in [0.25, 0.3) is 0 Å². The average molecular weight is 397 g/mol. The molecule has 0 N–H and O–H groups in total. The topological polar surface area (TPSA) is 0 Å². The number of hydrogen-bond donors (Lipinski definition) is 0. The van der Waals surface area contributed by atoms with Gasteiger partial charge in [0.15, 0.2) is 0 Å². The van der Waals surface area contributed by atoms with E-state index in [2.05, 4.69) is 54.7 Å². The van der Waals surface area contributed by atoms with Gasteiger partial charge in [-0.1, -0.05) is 54.7 Å². The van der Waals surface area contributed by atoms with Gasteiger partial charge in [0.05, 0.1) is 3.23 Å². The summed E-state index contributed by atoms with van der Waals surface area (Å²) < 4.78 is 0.292. The average Bonchev–Trinajstić information content (AvgIpc) is 2.81. The number of hydrogen-bond acceptors (Lipinski definition) is 0. The van der Waals surface area contributed by atoms with Gasteiger partial charge in [0, 0.05) is 4.83 Å². The minimum atomic E-state index is 0.292. The van der Waals surface area contributed by atoms with E-state index in [0.717, 1.165) is 46.3 Å². The zero-order valence-corrected chi connectivity index (χ0v) is 13.2. The molecule has 6 aliphatic rings. The first-order chi connectivity index (χ1) is 7.00. The number of alkyl halides is 3. The zero-order chi connectivity index (χ0) is 10.3. The van der Waals surface area contributed by atoms with Gasteiger partial charge < -0.3 is 0 Å². The summed E-state index contributed by atoms with van der Waals surface area (Å²) in [5.74, 6) is 6.98. The highest BCUT2D eigenvalue weighted by Crippen LogP contribution is 2.92. The van der Waals surface area contributed by atoms with Crippen LogP contribution in [0.3, 0.4) is 0 Å². The predicted octanol–water partition coefficient (Wildman–Crippen LogP) is 4.01. The summed E-state index contributed by atoms with van der Waals surface area (Å²) in [5.41, 5.74) is 0.588. The summed E-state index contributed by atoms with van der Waals surface area (Å²) in [6.07, 6.45) is 1.54. The molecule has 0 spiro atoms. The second-order valence-electron chi connectivity index (χ2n) is 6.69. The standard InChI is InChI=1S/C12H13Br3/c1-11-7-4-2-3-5(6(4)10(11)13)9(11)12(14,15)8(3)7/h3-10H,2H2,1H3/t3-,4+,5-,6-,7+,8+,9+,10+,11-/m0/s1. The van der Waals surface area contributed by atoms with Gasteiger partial charge in [-0.2, -0.15) is 0 Å². The lowest BCUT2D eigenvalue weighted by Gasteiger charge is -2.40. The van der Waals surface area contributed by atoms with Crippen molar-refractivity contribution in [3.8, 4) is 0 Å². The van der Waals surface area contributed by atoms with Crippen LogP contribution in [0.5, 0.6) is 0 Å². The molecule has 6 saturated carbocycles. The molecule has 3 heteroatoms. The van der Waals surface area contributed by atoms with Crippen molar-refractivity contribution in [3.05, 3.63) is 0 Å². The highest BCUT2D eigenvalue weighted by molar-refractivity contribution is 9.25. The van der Waals surface area contributed by atoms with Crippen LogP contribution in [0.25, 0.3) is 0 Å². The molecule has 9 atom stereocenters. The Balaban J connectivity index is 1.88. The highest BCUT2D eigenvalue weighted by atomic mass is 79.9. The van der Waals surface area contributed by atoms with Crippen LogP contribution in [0.1, 0.15) is 13.3 Å². The monoisotopic (exact) mass is 394 g/mol. The Morgan fingerprint density at radius 3 is 2.40 bits per heavy atom. The van der Waals surface area contributed by atoms with Gasteiger partial charge in [0.2, 0.25) is 0 Å². The van der Waals surface area contributed by atoms with Crippen LogP contribution in [0, 0.1) is 46.8 Å². The van der Waals surface area contributed by atoms with E-state index >= 15 is 0 Å². The lowest BCUT2D eigenvalue weighted by molar-refractivity contribution is 0.0700. The van der Waals surface area contributed by atoms with Gasteiger partial charge in [0.1, 0.15) is 0 Å². The first kappa shape index (κ1) is 9.38. The molecule has 0 aromatic rings. The fraction of sp³-hybridized carbons (Fsp3) is 1.00. The summed E-state index contributed by atoms with van der Waals surface area (Å²) in [6, 6.07) is 0. The second kappa shape index (κ2) is 2.18.